The van der Waals surface area contributed by atoms with Gasteiger partial charge in [0, 0.05) is 18.1 Å². The number of nitrogens with zero attached hydrogens (tertiary/aromatic N) is 2. The number of primary amides is 1. The van der Waals surface area contributed by atoms with Gasteiger partial charge in [0.05, 0.1) is 11.6 Å². The van der Waals surface area contributed by atoms with Crippen molar-refractivity contribution in [2.75, 3.05) is 6.54 Å². The summed E-state index contributed by atoms with van der Waals surface area (Å²) in [6.45, 7) is 1.67. The number of carbonyl (C=O) groups is 1. The van der Waals surface area contributed by atoms with Crippen molar-refractivity contribution < 1.29 is 4.79 Å². The number of rotatable bonds is 3. The second-order valence-electron chi connectivity index (χ2n) is 5.38. The van der Waals surface area contributed by atoms with Crippen LogP contribution in [0.1, 0.15) is 24.8 Å². The molecule has 4 nitrogen and oxygen atoms in total. The van der Waals surface area contributed by atoms with Crippen LogP contribution in [0.4, 0.5) is 0 Å². The summed E-state index contributed by atoms with van der Waals surface area (Å²) in [4.78, 5) is 18.2. The number of hydrogen-bond donors (Lipinski definition) is 1. The van der Waals surface area contributed by atoms with Crippen LogP contribution in [0.3, 0.4) is 0 Å². The van der Waals surface area contributed by atoms with Gasteiger partial charge in [-0.1, -0.05) is 30.7 Å². The first-order valence-corrected chi connectivity index (χ1v) is 7.12. The number of likely N-dealkylation sites (tertiary alicyclic amines) is 1. The number of hydrogen-bond acceptors (Lipinski definition) is 3. The molecule has 1 amide bonds. The van der Waals surface area contributed by atoms with Crippen LogP contribution in [-0.4, -0.2) is 28.4 Å². The quantitative estimate of drug-likeness (QED) is 0.928. The molecule has 1 aromatic carbocycles. The van der Waals surface area contributed by atoms with Gasteiger partial charge in [-0.15, -0.1) is 0 Å². The Labute approximate surface area is 118 Å². The summed E-state index contributed by atoms with van der Waals surface area (Å²) in [6, 6.07) is 10.1. The van der Waals surface area contributed by atoms with Crippen molar-refractivity contribution in [3.8, 4) is 0 Å². The maximum atomic E-state index is 11.6. The molecule has 0 radical (unpaired) electrons. The Bertz CT molecular complexity index is 621. The number of piperidine rings is 1. The van der Waals surface area contributed by atoms with E-state index in [2.05, 4.69) is 28.1 Å². The molecular weight excluding hydrogens is 250 g/mol. The third-order valence-corrected chi connectivity index (χ3v) is 4.03. The summed E-state index contributed by atoms with van der Waals surface area (Å²) in [5.74, 6) is -0.210. The molecule has 1 aliphatic rings. The van der Waals surface area contributed by atoms with E-state index in [1.807, 2.05) is 18.3 Å². The van der Waals surface area contributed by atoms with Crippen LogP contribution in [0, 0.1) is 0 Å². The Balaban J connectivity index is 1.90. The van der Waals surface area contributed by atoms with Gasteiger partial charge in [0.2, 0.25) is 5.91 Å². The molecule has 2 N–H and O–H groups in total. The zero-order valence-corrected chi connectivity index (χ0v) is 11.5. The van der Waals surface area contributed by atoms with E-state index in [1.54, 1.807) is 0 Å². The fourth-order valence-corrected chi connectivity index (χ4v) is 3.02. The minimum absolute atomic E-state index is 0.136. The molecule has 0 saturated carbocycles. The Hall–Kier alpha value is -1.94. The summed E-state index contributed by atoms with van der Waals surface area (Å²) in [5, 5.41) is 1.14. The molecule has 1 aromatic heterocycles. The number of fused-ring (bicyclic) bond motifs is 1. The summed E-state index contributed by atoms with van der Waals surface area (Å²) < 4.78 is 0. The van der Waals surface area contributed by atoms with Gasteiger partial charge < -0.3 is 5.73 Å². The van der Waals surface area contributed by atoms with Crippen molar-refractivity contribution in [2.24, 2.45) is 5.73 Å². The maximum absolute atomic E-state index is 11.6. The Morgan fingerprint density at radius 3 is 3.00 bits per heavy atom. The number of carbonyl (C=O) groups excluding carboxylic acids is 1. The molecule has 0 bridgehead atoms. The maximum Gasteiger partial charge on any atom is 0.234 e. The molecule has 2 aromatic rings. The van der Waals surface area contributed by atoms with Crippen LogP contribution in [-0.2, 0) is 11.3 Å². The van der Waals surface area contributed by atoms with Gasteiger partial charge in [-0.2, -0.15) is 0 Å². The number of aromatic nitrogens is 1. The van der Waals surface area contributed by atoms with Crippen molar-refractivity contribution in [3.05, 3.63) is 42.1 Å². The topological polar surface area (TPSA) is 59.2 Å². The van der Waals surface area contributed by atoms with E-state index in [-0.39, 0.29) is 11.9 Å². The highest BCUT2D eigenvalue weighted by Crippen LogP contribution is 2.23. The minimum atomic E-state index is -0.210. The Morgan fingerprint density at radius 1 is 1.30 bits per heavy atom. The van der Waals surface area contributed by atoms with E-state index in [1.165, 1.54) is 0 Å². The Morgan fingerprint density at radius 2 is 2.15 bits per heavy atom. The SMILES string of the molecule is NC(=O)C1CCCCN1Cc1cccc2cccnc12. The second kappa shape index (κ2) is 5.59. The standard InChI is InChI=1S/C16H19N3O/c17-16(20)14-8-1-2-10-19(14)11-13-6-3-5-12-7-4-9-18-15(12)13/h3-7,9,14H,1-2,8,10-11H2,(H2,17,20). The van der Waals surface area contributed by atoms with E-state index >= 15 is 0 Å². The van der Waals surface area contributed by atoms with Crippen molar-refractivity contribution >= 4 is 16.8 Å². The molecule has 104 valence electrons. The summed E-state index contributed by atoms with van der Waals surface area (Å²) in [7, 11) is 0. The number of pyridine rings is 1. The van der Waals surface area contributed by atoms with Gasteiger partial charge >= 0.3 is 0 Å². The van der Waals surface area contributed by atoms with Gasteiger partial charge in [0.25, 0.3) is 0 Å². The molecule has 2 heterocycles. The largest absolute Gasteiger partial charge is 0.368 e. The molecule has 4 heteroatoms. The molecule has 1 aliphatic heterocycles. The minimum Gasteiger partial charge on any atom is -0.368 e. The molecule has 20 heavy (non-hydrogen) atoms. The van der Waals surface area contributed by atoms with Crippen molar-refractivity contribution in [3.63, 3.8) is 0 Å². The third-order valence-electron chi connectivity index (χ3n) is 4.03. The highest BCUT2D eigenvalue weighted by Gasteiger charge is 2.27. The van der Waals surface area contributed by atoms with Crippen LogP contribution < -0.4 is 5.73 Å². The van der Waals surface area contributed by atoms with Crippen LogP contribution in [0.2, 0.25) is 0 Å². The lowest BCUT2D eigenvalue weighted by atomic mass is 10.00. The van der Waals surface area contributed by atoms with Crippen LogP contribution in [0.5, 0.6) is 0 Å². The van der Waals surface area contributed by atoms with Crippen molar-refractivity contribution in [2.45, 2.75) is 31.8 Å². The first kappa shape index (κ1) is 13.1. The lowest BCUT2D eigenvalue weighted by Gasteiger charge is -2.33. The first-order chi connectivity index (χ1) is 9.75. The zero-order chi connectivity index (χ0) is 13.9. The summed E-state index contributed by atoms with van der Waals surface area (Å²) >= 11 is 0. The zero-order valence-electron chi connectivity index (χ0n) is 11.5. The molecule has 1 unspecified atom stereocenters. The van der Waals surface area contributed by atoms with Gasteiger partial charge in [0.1, 0.15) is 0 Å². The molecular formula is C16H19N3O. The monoisotopic (exact) mass is 269 g/mol. The van der Waals surface area contributed by atoms with E-state index in [4.69, 9.17) is 5.73 Å². The summed E-state index contributed by atoms with van der Waals surface area (Å²) in [6.07, 6.45) is 4.89. The fourth-order valence-electron chi connectivity index (χ4n) is 3.02. The first-order valence-electron chi connectivity index (χ1n) is 7.12. The number of para-hydroxylation sites is 1. The molecule has 0 spiro atoms. The fraction of sp³-hybridized carbons (Fsp3) is 0.375. The lowest BCUT2D eigenvalue weighted by molar-refractivity contribution is -0.124. The lowest BCUT2D eigenvalue weighted by Crippen LogP contribution is -2.47. The van der Waals surface area contributed by atoms with E-state index in [0.717, 1.165) is 48.8 Å². The van der Waals surface area contributed by atoms with Crippen molar-refractivity contribution in [1.82, 2.24) is 9.88 Å². The van der Waals surface area contributed by atoms with E-state index in [9.17, 15) is 4.79 Å². The van der Waals surface area contributed by atoms with Gasteiger partial charge in [-0.05, 0) is 31.0 Å². The molecule has 1 atom stereocenters. The smallest absolute Gasteiger partial charge is 0.234 e. The molecule has 1 fully saturated rings. The third kappa shape index (κ3) is 2.51. The Kier molecular flexibility index (Phi) is 3.65. The highest BCUT2D eigenvalue weighted by molar-refractivity contribution is 5.82. The average Bonchev–Trinajstić information content (AvgIpc) is 2.48. The van der Waals surface area contributed by atoms with Crippen LogP contribution in [0.15, 0.2) is 36.5 Å². The number of nitrogens with two attached hydrogens (primary N) is 1. The van der Waals surface area contributed by atoms with Crippen molar-refractivity contribution in [1.29, 1.82) is 0 Å². The molecule has 0 aliphatic carbocycles. The van der Waals surface area contributed by atoms with E-state index in [0.29, 0.717) is 0 Å². The molecule has 1 saturated heterocycles. The average molecular weight is 269 g/mol. The van der Waals surface area contributed by atoms with Gasteiger partial charge in [-0.3, -0.25) is 14.7 Å². The predicted octanol–water partition coefficient (Wildman–Crippen LogP) is 2.07. The second-order valence-corrected chi connectivity index (χ2v) is 5.38. The number of benzene rings is 1. The normalized spacial score (nSPS) is 20.1. The van der Waals surface area contributed by atoms with Gasteiger partial charge in [0.15, 0.2) is 0 Å². The molecule has 3 rings (SSSR count). The van der Waals surface area contributed by atoms with Crippen LogP contribution in [0.25, 0.3) is 10.9 Å². The van der Waals surface area contributed by atoms with Gasteiger partial charge in [-0.25, -0.2) is 0 Å². The summed E-state index contributed by atoms with van der Waals surface area (Å²) in [5.41, 5.74) is 7.71. The number of amides is 1. The van der Waals surface area contributed by atoms with Crippen LogP contribution >= 0.6 is 0 Å². The predicted molar refractivity (Wildman–Crippen MR) is 79.0 cm³/mol. The van der Waals surface area contributed by atoms with E-state index < -0.39 is 0 Å². The highest BCUT2D eigenvalue weighted by atomic mass is 16.1.